The van der Waals surface area contributed by atoms with Crippen molar-refractivity contribution in [3.05, 3.63) is 0 Å². The predicted octanol–water partition coefficient (Wildman–Crippen LogP) is 5.89. The number of esters is 1. The van der Waals surface area contributed by atoms with Crippen LogP contribution in [0.25, 0.3) is 0 Å². The third-order valence-electron chi connectivity index (χ3n) is 11.0. The van der Waals surface area contributed by atoms with Crippen molar-refractivity contribution in [3.63, 3.8) is 0 Å². The van der Waals surface area contributed by atoms with Crippen molar-refractivity contribution >= 4 is 17.7 Å². The molecule has 5 nitrogen and oxygen atoms in total. The van der Waals surface area contributed by atoms with Gasteiger partial charge in [0, 0.05) is 24.7 Å². The number of Topliss-reactive ketones (excluding diaryl/α,β-unsaturated/α-hetero) is 1. The van der Waals surface area contributed by atoms with Crippen molar-refractivity contribution in [2.45, 2.75) is 105 Å². The van der Waals surface area contributed by atoms with E-state index in [0.717, 1.165) is 51.4 Å². The lowest BCUT2D eigenvalue weighted by Gasteiger charge is -2.62. The first-order valence-corrected chi connectivity index (χ1v) is 13.5. The van der Waals surface area contributed by atoms with Gasteiger partial charge < -0.3 is 9.84 Å². The highest BCUT2D eigenvalue weighted by Crippen LogP contribution is 2.68. The largest absolute Gasteiger partial charge is 0.481 e. The second kappa shape index (κ2) is 9.00. The molecule has 5 heteroatoms. The van der Waals surface area contributed by atoms with Gasteiger partial charge >= 0.3 is 11.9 Å². The molecule has 0 bridgehead atoms. The van der Waals surface area contributed by atoms with E-state index in [2.05, 4.69) is 27.7 Å². The van der Waals surface area contributed by atoms with Crippen molar-refractivity contribution < 1.29 is 24.2 Å². The molecule has 4 rings (SSSR count). The quantitative estimate of drug-likeness (QED) is 0.500. The van der Waals surface area contributed by atoms with Gasteiger partial charge in [-0.05, 0) is 91.8 Å². The van der Waals surface area contributed by atoms with Gasteiger partial charge in [0.25, 0.3) is 0 Å². The Morgan fingerprint density at radius 2 is 1.73 bits per heavy atom. The van der Waals surface area contributed by atoms with Crippen LogP contribution in [0.5, 0.6) is 0 Å². The minimum Gasteiger partial charge on any atom is -0.481 e. The van der Waals surface area contributed by atoms with E-state index in [-0.39, 0.29) is 41.2 Å². The molecule has 1 N–H and O–H groups in total. The van der Waals surface area contributed by atoms with Crippen LogP contribution in [0.3, 0.4) is 0 Å². The molecule has 186 valence electrons. The minimum atomic E-state index is -0.708. The molecule has 5 unspecified atom stereocenters. The first-order chi connectivity index (χ1) is 15.5. The van der Waals surface area contributed by atoms with Gasteiger partial charge in [0.2, 0.25) is 0 Å². The van der Waals surface area contributed by atoms with Crippen LogP contribution in [-0.4, -0.2) is 28.9 Å². The normalized spacial score (nSPS) is 45.5. The first-order valence-electron chi connectivity index (χ1n) is 13.5. The molecule has 0 radical (unpaired) electrons. The van der Waals surface area contributed by atoms with Crippen molar-refractivity contribution in [2.24, 2.45) is 52.3 Å². The van der Waals surface area contributed by atoms with Crippen molar-refractivity contribution in [1.82, 2.24) is 0 Å². The Labute approximate surface area is 199 Å². The molecule has 4 aliphatic carbocycles. The summed E-state index contributed by atoms with van der Waals surface area (Å²) in [5.41, 5.74) is 0.285. The summed E-state index contributed by atoms with van der Waals surface area (Å²) in [5, 5.41) is 9.17. The molecule has 10 atom stereocenters. The van der Waals surface area contributed by atoms with E-state index in [0.29, 0.717) is 41.8 Å². The fraction of sp³-hybridized carbons (Fsp3) is 0.893. The van der Waals surface area contributed by atoms with E-state index in [4.69, 9.17) is 9.84 Å². The molecule has 0 aliphatic heterocycles. The van der Waals surface area contributed by atoms with Crippen molar-refractivity contribution in [3.8, 4) is 0 Å². The van der Waals surface area contributed by atoms with Crippen LogP contribution in [0.2, 0.25) is 0 Å². The molecule has 4 saturated carbocycles. The summed E-state index contributed by atoms with van der Waals surface area (Å²) in [6, 6.07) is 0. The van der Waals surface area contributed by atoms with Gasteiger partial charge in [-0.3, -0.25) is 14.4 Å². The summed E-state index contributed by atoms with van der Waals surface area (Å²) >= 11 is 0. The number of carboxylic acids is 1. The second-order valence-electron chi connectivity index (χ2n) is 12.4. The van der Waals surface area contributed by atoms with Crippen LogP contribution in [-0.2, 0) is 19.1 Å². The number of aliphatic carboxylic acids is 1. The Hall–Kier alpha value is -1.39. The number of carbonyl (C=O) groups is 3. The van der Waals surface area contributed by atoms with Crippen LogP contribution < -0.4 is 0 Å². The number of rotatable bonds is 6. The standard InChI is InChI=1S/C28H44O5/c1-6-24(31)33-18-11-13-28(5)21-12-14-27(4)19(16(2)7-10-23(29)30)8-9-20(27)25(21)26(32)17(3)22(28)15-18/h16-22,25H,6-15H2,1-5H3,(H,29,30)/t16-,17-,18-,19?,20?,21?,22?,25?,27-,28-/m1/s1. The Balaban J connectivity index is 1.55. The lowest BCUT2D eigenvalue weighted by molar-refractivity contribution is -0.177. The summed E-state index contributed by atoms with van der Waals surface area (Å²) in [7, 11) is 0. The molecule has 0 spiro atoms. The summed E-state index contributed by atoms with van der Waals surface area (Å²) in [6.07, 6.45) is 8.62. The zero-order valence-corrected chi connectivity index (χ0v) is 21.3. The van der Waals surface area contributed by atoms with Gasteiger partial charge in [-0.2, -0.15) is 0 Å². The molecule has 0 saturated heterocycles. The molecule has 0 aromatic rings. The number of hydrogen-bond donors (Lipinski definition) is 1. The Bertz CT molecular complexity index is 791. The van der Waals surface area contributed by atoms with E-state index < -0.39 is 5.97 Å². The third kappa shape index (κ3) is 4.05. The zero-order chi connectivity index (χ0) is 24.1. The van der Waals surface area contributed by atoms with Gasteiger partial charge in [0.1, 0.15) is 11.9 Å². The van der Waals surface area contributed by atoms with Gasteiger partial charge in [-0.1, -0.05) is 34.6 Å². The number of carbonyl (C=O) groups excluding carboxylic acids is 2. The zero-order valence-electron chi connectivity index (χ0n) is 21.3. The predicted molar refractivity (Wildman–Crippen MR) is 126 cm³/mol. The smallest absolute Gasteiger partial charge is 0.305 e. The maximum absolute atomic E-state index is 13.9. The van der Waals surface area contributed by atoms with E-state index in [1.165, 1.54) is 0 Å². The molecule has 0 aromatic heterocycles. The van der Waals surface area contributed by atoms with Crippen LogP contribution in [0, 0.1) is 52.3 Å². The molecule has 0 aromatic carbocycles. The SMILES string of the molecule is CCC(=O)O[C@@H]1CC[C@]2(C)C3CC[C@@]4(C)C(CCC4[C@H](C)CCC(=O)O)C3C(=O)[C@H](C)C2C1. The van der Waals surface area contributed by atoms with E-state index in [9.17, 15) is 14.4 Å². The average molecular weight is 461 g/mol. The first kappa shape index (κ1) is 24.7. The molecule has 33 heavy (non-hydrogen) atoms. The summed E-state index contributed by atoms with van der Waals surface area (Å²) in [4.78, 5) is 37.0. The average Bonchev–Trinajstić information content (AvgIpc) is 3.13. The van der Waals surface area contributed by atoms with Gasteiger partial charge in [-0.15, -0.1) is 0 Å². The van der Waals surface area contributed by atoms with Gasteiger partial charge in [-0.25, -0.2) is 0 Å². The van der Waals surface area contributed by atoms with Gasteiger partial charge in [0.15, 0.2) is 0 Å². The lowest BCUT2D eigenvalue weighted by atomic mass is 9.42. The van der Waals surface area contributed by atoms with Crippen molar-refractivity contribution in [1.29, 1.82) is 0 Å². The maximum atomic E-state index is 13.9. The Morgan fingerprint density at radius 1 is 1.06 bits per heavy atom. The number of ketones is 1. The summed E-state index contributed by atoms with van der Waals surface area (Å²) in [5.74, 6) is 1.84. The van der Waals surface area contributed by atoms with Crippen LogP contribution in [0.4, 0.5) is 0 Å². The van der Waals surface area contributed by atoms with Crippen LogP contribution in [0.1, 0.15) is 98.8 Å². The molecular weight excluding hydrogens is 416 g/mol. The highest BCUT2D eigenvalue weighted by Gasteiger charge is 2.64. The van der Waals surface area contributed by atoms with Crippen LogP contribution >= 0.6 is 0 Å². The van der Waals surface area contributed by atoms with E-state index in [1.54, 1.807) is 0 Å². The Kier molecular flexibility index (Phi) is 6.74. The molecule has 0 amide bonds. The maximum Gasteiger partial charge on any atom is 0.305 e. The van der Waals surface area contributed by atoms with Crippen LogP contribution in [0.15, 0.2) is 0 Å². The molecule has 4 fully saturated rings. The number of fused-ring (bicyclic) bond motifs is 5. The summed E-state index contributed by atoms with van der Waals surface area (Å²) < 4.78 is 5.73. The molecule has 0 heterocycles. The fourth-order valence-corrected chi connectivity index (χ4v) is 9.25. The fourth-order valence-electron chi connectivity index (χ4n) is 9.25. The number of hydrogen-bond acceptors (Lipinski definition) is 4. The number of carboxylic acid groups (broad SMARTS) is 1. The van der Waals surface area contributed by atoms with E-state index >= 15 is 0 Å². The highest BCUT2D eigenvalue weighted by molar-refractivity contribution is 5.85. The van der Waals surface area contributed by atoms with E-state index in [1.807, 2.05) is 6.92 Å². The Morgan fingerprint density at radius 3 is 2.39 bits per heavy atom. The summed E-state index contributed by atoms with van der Waals surface area (Å²) in [6.45, 7) is 11.0. The highest BCUT2D eigenvalue weighted by atomic mass is 16.5. The molecular formula is C28H44O5. The lowest BCUT2D eigenvalue weighted by Crippen LogP contribution is -2.60. The number of ether oxygens (including phenoxy) is 1. The topological polar surface area (TPSA) is 80.7 Å². The minimum absolute atomic E-state index is 0.0187. The third-order valence-corrected chi connectivity index (χ3v) is 11.0. The van der Waals surface area contributed by atoms with Gasteiger partial charge in [0.05, 0.1) is 0 Å². The van der Waals surface area contributed by atoms with Crippen molar-refractivity contribution in [2.75, 3.05) is 0 Å². The second-order valence-corrected chi connectivity index (χ2v) is 12.4. The monoisotopic (exact) mass is 460 g/mol. The molecule has 4 aliphatic rings.